The number of carboxylic acid groups (broad SMARTS) is 1. The molecule has 0 saturated carbocycles. The van der Waals surface area contributed by atoms with Crippen molar-refractivity contribution in [3.63, 3.8) is 0 Å². The lowest BCUT2D eigenvalue weighted by atomic mass is 10.2. The first-order valence-electron chi connectivity index (χ1n) is 5.50. The molecule has 0 spiro atoms. The van der Waals surface area contributed by atoms with E-state index >= 15 is 0 Å². The Hall–Kier alpha value is -0.153. The lowest BCUT2D eigenvalue weighted by molar-refractivity contribution is -0.147. The van der Waals surface area contributed by atoms with Crippen LogP contribution in [0.15, 0.2) is 0 Å². The zero-order valence-electron chi connectivity index (χ0n) is 10.3. The van der Waals surface area contributed by atoms with E-state index in [2.05, 4.69) is 19.6 Å². The molecule has 0 bridgehead atoms. The maximum Gasteiger partial charge on any atom is 0.326 e. The minimum atomic E-state index is -1.69. The van der Waals surface area contributed by atoms with Crippen LogP contribution >= 0.6 is 22.6 Å². The number of hydrogen-bond donors (Lipinski definition) is 1. The fourth-order valence-electron chi connectivity index (χ4n) is 1.97. The topological polar surface area (TPSA) is 66.8 Å². The average molecular weight is 371 g/mol. The minimum Gasteiger partial charge on any atom is -0.480 e. The van der Waals surface area contributed by atoms with E-state index in [0.29, 0.717) is 17.4 Å². The molecule has 1 amide bonds. The Kier molecular flexibility index (Phi) is 4.96. The molecular weight excluding hydrogens is 353 g/mol. The van der Waals surface area contributed by atoms with Gasteiger partial charge in [0, 0.05) is 13.0 Å². The number of halogens is 1. The van der Waals surface area contributed by atoms with Crippen LogP contribution in [0.4, 0.5) is 0 Å². The highest BCUT2D eigenvalue weighted by Crippen LogP contribution is 2.24. The molecule has 17 heavy (non-hydrogen) atoms. The average Bonchev–Trinajstić information content (AvgIpc) is 2.57. The van der Waals surface area contributed by atoms with Gasteiger partial charge in [-0.3, -0.25) is 4.79 Å². The summed E-state index contributed by atoms with van der Waals surface area (Å²) in [7, 11) is -1.69. The van der Waals surface area contributed by atoms with Gasteiger partial charge in [0.15, 0.2) is 8.32 Å². The molecule has 1 aliphatic rings. The fraction of sp³-hybridized carbons (Fsp3) is 0.800. The summed E-state index contributed by atoms with van der Waals surface area (Å²) in [4.78, 5) is 24.2. The van der Waals surface area contributed by atoms with E-state index in [-0.39, 0.29) is 12.0 Å². The molecule has 5 nitrogen and oxygen atoms in total. The number of amides is 1. The number of hydrogen-bond acceptors (Lipinski definition) is 3. The van der Waals surface area contributed by atoms with Crippen molar-refractivity contribution < 1.29 is 19.1 Å². The summed E-state index contributed by atoms with van der Waals surface area (Å²) in [5, 5.41) is 9.10. The fourth-order valence-corrected chi connectivity index (χ4v) is 3.58. The SMILES string of the molecule is C[Si](C)(C)O[C@H]1C[C@H](C(=O)O)N(C(=O)CI)C1. The van der Waals surface area contributed by atoms with E-state index in [4.69, 9.17) is 9.53 Å². The predicted molar refractivity (Wildman–Crippen MR) is 74.9 cm³/mol. The highest BCUT2D eigenvalue weighted by atomic mass is 127. The van der Waals surface area contributed by atoms with Crippen molar-refractivity contribution in [1.82, 2.24) is 4.90 Å². The summed E-state index contributed by atoms with van der Waals surface area (Å²) < 4.78 is 6.19. The summed E-state index contributed by atoms with van der Waals surface area (Å²) in [5.41, 5.74) is 0. The van der Waals surface area contributed by atoms with E-state index in [1.165, 1.54) is 4.90 Å². The standard InChI is InChI=1S/C10H18INO4Si/c1-17(2,3)16-7-4-8(10(14)15)12(6-7)9(13)5-11/h7-8H,4-6H2,1-3H3,(H,14,15)/t7-,8+/m0/s1. The third-order valence-corrected chi connectivity index (χ3v) is 4.20. The van der Waals surface area contributed by atoms with Crippen LogP contribution in [0.2, 0.25) is 19.6 Å². The zero-order chi connectivity index (χ0) is 13.2. The first kappa shape index (κ1) is 14.9. The molecule has 1 saturated heterocycles. The Balaban J connectivity index is 2.72. The van der Waals surface area contributed by atoms with Gasteiger partial charge < -0.3 is 14.4 Å². The van der Waals surface area contributed by atoms with Crippen LogP contribution in [0.3, 0.4) is 0 Å². The van der Waals surface area contributed by atoms with Gasteiger partial charge in [-0.15, -0.1) is 0 Å². The number of alkyl halides is 1. The molecule has 0 aromatic rings. The van der Waals surface area contributed by atoms with Gasteiger partial charge in [0.2, 0.25) is 5.91 Å². The van der Waals surface area contributed by atoms with Crippen LogP contribution in [0.25, 0.3) is 0 Å². The third kappa shape index (κ3) is 4.22. The Morgan fingerprint density at radius 1 is 1.47 bits per heavy atom. The molecule has 7 heteroatoms. The van der Waals surface area contributed by atoms with Crippen molar-refractivity contribution in [3.8, 4) is 0 Å². The largest absolute Gasteiger partial charge is 0.480 e. The van der Waals surface area contributed by atoms with Crippen LogP contribution in [-0.2, 0) is 14.0 Å². The number of rotatable bonds is 4. The molecular formula is C10H18INO4Si. The lowest BCUT2D eigenvalue weighted by Crippen LogP contribution is -2.41. The first-order valence-corrected chi connectivity index (χ1v) is 10.4. The molecule has 0 unspecified atom stereocenters. The molecule has 1 aliphatic heterocycles. The van der Waals surface area contributed by atoms with Gasteiger partial charge in [0.25, 0.3) is 0 Å². The number of nitrogens with zero attached hydrogens (tertiary/aromatic N) is 1. The van der Waals surface area contributed by atoms with Crippen LogP contribution in [0.5, 0.6) is 0 Å². The second-order valence-electron chi connectivity index (χ2n) is 5.12. The normalized spacial score (nSPS) is 25.1. The Morgan fingerprint density at radius 3 is 2.47 bits per heavy atom. The number of carbonyl (C=O) groups excluding carboxylic acids is 1. The second-order valence-corrected chi connectivity index (χ2v) is 10.3. The van der Waals surface area contributed by atoms with E-state index in [1.54, 1.807) is 0 Å². The monoisotopic (exact) mass is 371 g/mol. The maximum absolute atomic E-state index is 11.7. The van der Waals surface area contributed by atoms with E-state index in [9.17, 15) is 9.59 Å². The van der Waals surface area contributed by atoms with Crippen LogP contribution < -0.4 is 0 Å². The molecule has 0 radical (unpaired) electrons. The van der Waals surface area contributed by atoms with Crippen LogP contribution in [0.1, 0.15) is 6.42 Å². The van der Waals surface area contributed by atoms with Gasteiger partial charge in [0.05, 0.1) is 10.5 Å². The highest BCUT2D eigenvalue weighted by Gasteiger charge is 2.40. The van der Waals surface area contributed by atoms with E-state index < -0.39 is 20.3 Å². The summed E-state index contributed by atoms with van der Waals surface area (Å²) in [5.74, 6) is -1.07. The van der Waals surface area contributed by atoms with Gasteiger partial charge in [0.1, 0.15) is 6.04 Å². The van der Waals surface area contributed by atoms with E-state index in [0.717, 1.165) is 0 Å². The highest BCUT2D eigenvalue weighted by molar-refractivity contribution is 14.1. The maximum atomic E-state index is 11.7. The molecule has 1 N–H and O–H groups in total. The van der Waals surface area contributed by atoms with Crippen molar-refractivity contribution in [2.45, 2.75) is 38.2 Å². The zero-order valence-corrected chi connectivity index (χ0v) is 13.4. The second kappa shape index (κ2) is 5.66. The van der Waals surface area contributed by atoms with Gasteiger partial charge in [-0.25, -0.2) is 4.79 Å². The number of aliphatic carboxylic acids is 1. The van der Waals surface area contributed by atoms with Crippen LogP contribution in [-0.4, -0.2) is 53.3 Å². The molecule has 98 valence electrons. The van der Waals surface area contributed by atoms with Crippen molar-refractivity contribution in [2.75, 3.05) is 11.0 Å². The molecule has 0 aromatic heterocycles. The predicted octanol–water partition coefficient (Wildman–Crippen LogP) is 1.33. The molecule has 1 fully saturated rings. The number of carbonyl (C=O) groups is 2. The molecule has 2 atom stereocenters. The first-order chi connectivity index (χ1) is 7.74. The number of carboxylic acids is 1. The Labute approximate surface area is 116 Å². The lowest BCUT2D eigenvalue weighted by Gasteiger charge is -2.23. The minimum absolute atomic E-state index is 0.125. The third-order valence-electron chi connectivity index (χ3n) is 2.50. The van der Waals surface area contributed by atoms with Crippen molar-refractivity contribution in [1.29, 1.82) is 0 Å². The Bertz CT molecular complexity index is 318. The summed E-state index contributed by atoms with van der Waals surface area (Å²) >= 11 is 1.96. The smallest absolute Gasteiger partial charge is 0.326 e. The van der Waals surface area contributed by atoms with Gasteiger partial charge in [-0.2, -0.15) is 0 Å². The van der Waals surface area contributed by atoms with Gasteiger partial charge in [-0.1, -0.05) is 22.6 Å². The molecule has 0 aliphatic carbocycles. The van der Waals surface area contributed by atoms with Crippen molar-refractivity contribution in [3.05, 3.63) is 0 Å². The quantitative estimate of drug-likeness (QED) is 0.460. The molecule has 1 rings (SSSR count). The van der Waals surface area contributed by atoms with E-state index in [1.807, 2.05) is 22.6 Å². The Morgan fingerprint density at radius 2 is 2.06 bits per heavy atom. The van der Waals surface area contributed by atoms with Crippen molar-refractivity contribution in [2.24, 2.45) is 0 Å². The van der Waals surface area contributed by atoms with Crippen molar-refractivity contribution >= 4 is 42.8 Å². The molecule has 0 aromatic carbocycles. The van der Waals surface area contributed by atoms with Gasteiger partial charge in [-0.05, 0) is 19.6 Å². The summed E-state index contributed by atoms with van der Waals surface area (Å²) in [6.45, 7) is 6.59. The van der Waals surface area contributed by atoms with Crippen LogP contribution in [0, 0.1) is 0 Å². The summed E-state index contributed by atoms with van der Waals surface area (Å²) in [6.07, 6.45) is 0.275. The molecule has 1 heterocycles. The summed E-state index contributed by atoms with van der Waals surface area (Å²) in [6, 6.07) is -0.724. The van der Waals surface area contributed by atoms with Gasteiger partial charge >= 0.3 is 5.97 Å². The number of likely N-dealkylation sites (tertiary alicyclic amines) is 1.